The minimum Gasteiger partial charge on any atom is -0.496 e. The van der Waals surface area contributed by atoms with Gasteiger partial charge in [0.05, 0.1) is 13.2 Å². The zero-order valence-electron chi connectivity index (χ0n) is 15.0. The monoisotopic (exact) mass is 344 g/mol. The first kappa shape index (κ1) is 16.7. The van der Waals surface area contributed by atoms with Crippen molar-refractivity contribution >= 4 is 5.69 Å². The van der Waals surface area contributed by atoms with Gasteiger partial charge in [-0.2, -0.15) is 0 Å². The quantitative estimate of drug-likeness (QED) is 0.712. The molecule has 1 aliphatic rings. The lowest BCUT2D eigenvalue weighted by atomic mass is 9.88. The molecule has 0 radical (unpaired) electrons. The summed E-state index contributed by atoms with van der Waals surface area (Å²) in [6.07, 6.45) is 0.998. The Bertz CT molecular complexity index is 863. The van der Waals surface area contributed by atoms with Gasteiger partial charge in [0.25, 0.3) is 0 Å². The van der Waals surface area contributed by atoms with E-state index in [1.165, 1.54) is 22.4 Å². The Morgan fingerprint density at radius 3 is 2.50 bits per heavy atom. The van der Waals surface area contributed by atoms with Gasteiger partial charge in [-0.05, 0) is 29.7 Å². The molecule has 26 heavy (non-hydrogen) atoms. The second-order valence-corrected chi connectivity index (χ2v) is 6.69. The predicted octanol–water partition coefficient (Wildman–Crippen LogP) is 4.56. The van der Waals surface area contributed by atoms with Gasteiger partial charge in [-0.3, -0.25) is 0 Å². The molecule has 0 bridgehead atoms. The Kier molecular flexibility index (Phi) is 4.89. The van der Waals surface area contributed by atoms with Gasteiger partial charge in [-0.15, -0.1) is 0 Å². The van der Waals surface area contributed by atoms with Crippen LogP contribution in [0.4, 0.5) is 5.69 Å². The van der Waals surface area contributed by atoms with Crippen molar-refractivity contribution in [2.75, 3.05) is 12.4 Å². The zero-order valence-corrected chi connectivity index (χ0v) is 15.0. The average Bonchev–Trinajstić information content (AvgIpc) is 2.72. The summed E-state index contributed by atoms with van der Waals surface area (Å²) in [5.41, 5.74) is 5.08. The SMILES string of the molecule is COc1ccccc1CN[C@H]1Cc2ccccc2N[C@H]1c1ccccc1. The number of nitrogens with one attached hydrogen (secondary N) is 2. The van der Waals surface area contributed by atoms with E-state index in [1.54, 1.807) is 7.11 Å². The molecule has 1 aliphatic heterocycles. The van der Waals surface area contributed by atoms with E-state index < -0.39 is 0 Å². The Balaban J connectivity index is 1.59. The molecule has 3 aromatic carbocycles. The van der Waals surface area contributed by atoms with Gasteiger partial charge in [0, 0.05) is 23.8 Å². The highest BCUT2D eigenvalue weighted by molar-refractivity contribution is 5.56. The van der Waals surface area contributed by atoms with Gasteiger partial charge in [0.15, 0.2) is 0 Å². The minimum atomic E-state index is 0.237. The fraction of sp³-hybridized carbons (Fsp3) is 0.217. The van der Waals surface area contributed by atoms with Crippen molar-refractivity contribution in [3.05, 3.63) is 95.6 Å². The summed E-state index contributed by atoms with van der Waals surface area (Å²) in [7, 11) is 1.73. The summed E-state index contributed by atoms with van der Waals surface area (Å²) in [4.78, 5) is 0. The van der Waals surface area contributed by atoms with Gasteiger partial charge in [-0.25, -0.2) is 0 Å². The first-order valence-corrected chi connectivity index (χ1v) is 9.10. The number of para-hydroxylation sites is 2. The maximum absolute atomic E-state index is 5.50. The maximum atomic E-state index is 5.50. The van der Waals surface area contributed by atoms with Gasteiger partial charge in [0.1, 0.15) is 5.75 Å². The van der Waals surface area contributed by atoms with E-state index in [0.29, 0.717) is 6.04 Å². The van der Waals surface area contributed by atoms with E-state index in [9.17, 15) is 0 Å². The molecular formula is C23H24N2O. The van der Waals surface area contributed by atoms with E-state index in [2.05, 4.69) is 77.4 Å². The number of hydrogen-bond acceptors (Lipinski definition) is 3. The fourth-order valence-corrected chi connectivity index (χ4v) is 3.72. The van der Waals surface area contributed by atoms with Crippen LogP contribution in [0.15, 0.2) is 78.9 Å². The normalized spacial score (nSPS) is 18.7. The Morgan fingerprint density at radius 1 is 0.923 bits per heavy atom. The molecule has 0 amide bonds. The molecule has 0 aromatic heterocycles. The minimum absolute atomic E-state index is 0.237. The Hall–Kier alpha value is -2.78. The van der Waals surface area contributed by atoms with Crippen molar-refractivity contribution in [2.45, 2.75) is 25.0 Å². The largest absolute Gasteiger partial charge is 0.496 e. The maximum Gasteiger partial charge on any atom is 0.123 e. The van der Waals surface area contributed by atoms with Crippen molar-refractivity contribution in [2.24, 2.45) is 0 Å². The topological polar surface area (TPSA) is 33.3 Å². The smallest absolute Gasteiger partial charge is 0.123 e. The molecule has 0 unspecified atom stereocenters. The van der Waals surface area contributed by atoms with E-state index >= 15 is 0 Å². The molecule has 2 N–H and O–H groups in total. The molecule has 0 saturated heterocycles. The number of hydrogen-bond donors (Lipinski definition) is 2. The molecule has 0 fully saturated rings. The predicted molar refractivity (Wildman–Crippen MR) is 107 cm³/mol. The van der Waals surface area contributed by atoms with Crippen molar-refractivity contribution in [1.29, 1.82) is 0 Å². The highest BCUT2D eigenvalue weighted by atomic mass is 16.5. The van der Waals surface area contributed by atoms with E-state index in [0.717, 1.165) is 18.7 Å². The van der Waals surface area contributed by atoms with Crippen LogP contribution in [0, 0.1) is 0 Å². The lowest BCUT2D eigenvalue weighted by Gasteiger charge is -2.36. The van der Waals surface area contributed by atoms with Crippen LogP contribution >= 0.6 is 0 Å². The van der Waals surface area contributed by atoms with Crippen LogP contribution < -0.4 is 15.4 Å². The molecule has 1 heterocycles. The third kappa shape index (κ3) is 3.44. The number of methoxy groups -OCH3 is 1. The lowest BCUT2D eigenvalue weighted by molar-refractivity contribution is 0.398. The highest BCUT2D eigenvalue weighted by Gasteiger charge is 2.28. The van der Waals surface area contributed by atoms with Crippen molar-refractivity contribution in [3.8, 4) is 5.75 Å². The molecule has 3 nitrogen and oxygen atoms in total. The molecule has 4 rings (SSSR count). The molecule has 3 heteroatoms. The highest BCUT2D eigenvalue weighted by Crippen LogP contribution is 2.33. The molecule has 132 valence electrons. The van der Waals surface area contributed by atoms with Crippen molar-refractivity contribution in [3.63, 3.8) is 0 Å². The summed E-state index contributed by atoms with van der Waals surface area (Å²) in [5.74, 6) is 0.931. The number of fused-ring (bicyclic) bond motifs is 1. The molecule has 0 aliphatic carbocycles. The summed E-state index contributed by atoms with van der Waals surface area (Å²) in [6, 6.07) is 28.0. The van der Waals surface area contributed by atoms with Crippen LogP contribution in [0.1, 0.15) is 22.7 Å². The average molecular weight is 344 g/mol. The fourth-order valence-electron chi connectivity index (χ4n) is 3.72. The summed E-state index contributed by atoms with van der Waals surface area (Å²) in [6.45, 7) is 0.780. The van der Waals surface area contributed by atoms with Gasteiger partial charge >= 0.3 is 0 Å². The van der Waals surface area contributed by atoms with E-state index in [-0.39, 0.29) is 6.04 Å². The second kappa shape index (κ2) is 7.63. The third-order valence-corrected chi connectivity index (χ3v) is 5.08. The molecular weight excluding hydrogens is 320 g/mol. The van der Waals surface area contributed by atoms with Crippen molar-refractivity contribution < 1.29 is 4.74 Å². The molecule has 0 saturated carbocycles. The van der Waals surface area contributed by atoms with E-state index in [4.69, 9.17) is 4.74 Å². The second-order valence-electron chi connectivity index (χ2n) is 6.69. The summed E-state index contributed by atoms with van der Waals surface area (Å²) >= 11 is 0. The first-order valence-electron chi connectivity index (χ1n) is 9.10. The van der Waals surface area contributed by atoms with Crippen molar-refractivity contribution in [1.82, 2.24) is 5.32 Å². The van der Waals surface area contributed by atoms with Gasteiger partial charge < -0.3 is 15.4 Å². The first-order chi connectivity index (χ1) is 12.8. The van der Waals surface area contributed by atoms with E-state index in [1.807, 2.05) is 12.1 Å². The number of ether oxygens (including phenoxy) is 1. The van der Waals surface area contributed by atoms with Crippen LogP contribution in [0.5, 0.6) is 5.75 Å². The third-order valence-electron chi connectivity index (χ3n) is 5.08. The zero-order chi connectivity index (χ0) is 17.8. The van der Waals surface area contributed by atoms with Gasteiger partial charge in [0.2, 0.25) is 0 Å². The lowest BCUT2D eigenvalue weighted by Crippen LogP contribution is -2.42. The number of benzene rings is 3. The van der Waals surface area contributed by atoms with Crippen LogP contribution in [0.3, 0.4) is 0 Å². The molecule has 3 aromatic rings. The molecule has 0 spiro atoms. The Morgan fingerprint density at radius 2 is 1.65 bits per heavy atom. The number of anilines is 1. The van der Waals surface area contributed by atoms with Crippen LogP contribution in [-0.4, -0.2) is 13.2 Å². The van der Waals surface area contributed by atoms with Crippen LogP contribution in [0.25, 0.3) is 0 Å². The van der Waals surface area contributed by atoms with Gasteiger partial charge in [-0.1, -0.05) is 66.7 Å². The Labute approximate surface area is 155 Å². The molecule has 2 atom stereocenters. The standard InChI is InChI=1S/C23H24N2O/c1-26-22-14-8-6-12-19(22)16-24-21-15-18-11-5-7-13-20(18)25-23(21)17-9-3-2-4-10-17/h2-14,21,23-25H,15-16H2,1H3/t21-,23-/m0/s1. The summed E-state index contributed by atoms with van der Waals surface area (Å²) < 4.78 is 5.50. The van der Waals surface area contributed by atoms with Crippen LogP contribution in [0.2, 0.25) is 0 Å². The summed E-state index contributed by atoms with van der Waals surface area (Å²) in [5, 5.41) is 7.49. The number of rotatable bonds is 5. The van der Waals surface area contributed by atoms with Crippen LogP contribution in [-0.2, 0) is 13.0 Å².